The molecule has 7 nitrogen and oxygen atoms in total. The highest BCUT2D eigenvalue weighted by atomic mass is 16.4. The van der Waals surface area contributed by atoms with Gasteiger partial charge in [0.1, 0.15) is 0 Å². The third kappa shape index (κ3) is 4.35. The lowest BCUT2D eigenvalue weighted by Crippen LogP contribution is -2.65. The van der Waals surface area contributed by atoms with E-state index in [1.165, 1.54) is 6.92 Å². The molecule has 2 atom stereocenters. The van der Waals surface area contributed by atoms with Crippen LogP contribution in [0.3, 0.4) is 0 Å². The number of carboxylic acid groups (broad SMARTS) is 2. The zero-order chi connectivity index (χ0) is 21.2. The second-order valence-corrected chi connectivity index (χ2v) is 7.98. The molecule has 1 saturated heterocycles. The molecular weight excluding hydrogens is 360 g/mol. The summed E-state index contributed by atoms with van der Waals surface area (Å²) in [5.41, 5.74) is 2.80. The summed E-state index contributed by atoms with van der Waals surface area (Å²) < 4.78 is 0. The highest BCUT2D eigenvalue weighted by molar-refractivity contribution is 5.95. The lowest BCUT2D eigenvalue weighted by molar-refractivity contribution is -0.147. The fraction of sp³-hybridized carbons (Fsp3) is 0.571. The zero-order valence-corrected chi connectivity index (χ0v) is 17.3. The number of carboxylic acids is 2. The fourth-order valence-electron chi connectivity index (χ4n) is 4.54. The molecule has 2 unspecified atom stereocenters. The zero-order valence-electron chi connectivity index (χ0n) is 17.3. The Bertz CT molecular complexity index is 768. The molecule has 154 valence electrons. The van der Waals surface area contributed by atoms with Crippen molar-refractivity contribution in [2.24, 2.45) is 5.92 Å². The minimum Gasteiger partial charge on any atom is -0.481 e. The third-order valence-electron chi connectivity index (χ3n) is 5.66. The van der Waals surface area contributed by atoms with Gasteiger partial charge in [0.25, 0.3) is 0 Å². The van der Waals surface area contributed by atoms with Gasteiger partial charge in [0, 0.05) is 20.0 Å². The largest absolute Gasteiger partial charge is 0.481 e. The lowest BCUT2D eigenvalue weighted by atomic mass is 9.84. The Morgan fingerprint density at radius 3 is 2.21 bits per heavy atom. The molecular formula is C21H30N2O5. The molecule has 0 radical (unpaired) electrons. The van der Waals surface area contributed by atoms with E-state index < -0.39 is 23.5 Å². The average Bonchev–Trinajstić information content (AvgIpc) is 2.55. The van der Waals surface area contributed by atoms with Gasteiger partial charge in [0.2, 0.25) is 5.91 Å². The second-order valence-electron chi connectivity index (χ2n) is 7.98. The number of aliphatic carboxylic acids is 2. The van der Waals surface area contributed by atoms with Crippen LogP contribution in [-0.4, -0.2) is 51.7 Å². The Labute approximate surface area is 165 Å². The van der Waals surface area contributed by atoms with Crippen LogP contribution in [0.2, 0.25) is 0 Å². The number of aryl methyl sites for hydroxylation is 3. The normalized spacial score (nSPS) is 22.7. The van der Waals surface area contributed by atoms with E-state index in [1.54, 1.807) is 4.90 Å². The Morgan fingerprint density at radius 1 is 1.18 bits per heavy atom. The van der Waals surface area contributed by atoms with Gasteiger partial charge in [-0.1, -0.05) is 17.7 Å². The number of likely N-dealkylation sites (tertiary alicyclic amines) is 1. The maximum Gasteiger partial charge on any atom is 0.306 e. The summed E-state index contributed by atoms with van der Waals surface area (Å²) >= 11 is 0. The second kappa shape index (κ2) is 8.31. The van der Waals surface area contributed by atoms with Gasteiger partial charge in [-0.3, -0.25) is 24.2 Å². The molecule has 1 heterocycles. The lowest BCUT2D eigenvalue weighted by Gasteiger charge is -2.53. The number of amides is 1. The van der Waals surface area contributed by atoms with Crippen molar-refractivity contribution in [3.63, 3.8) is 0 Å². The number of piperidine rings is 1. The van der Waals surface area contributed by atoms with Crippen molar-refractivity contribution >= 4 is 23.5 Å². The maximum atomic E-state index is 12.8. The van der Waals surface area contributed by atoms with Crippen molar-refractivity contribution < 1.29 is 24.6 Å². The number of hydrogen-bond acceptors (Lipinski definition) is 4. The van der Waals surface area contributed by atoms with E-state index >= 15 is 0 Å². The highest BCUT2D eigenvalue weighted by Crippen LogP contribution is 2.40. The summed E-state index contributed by atoms with van der Waals surface area (Å²) in [5.74, 6) is -2.58. The van der Waals surface area contributed by atoms with E-state index in [-0.39, 0.29) is 25.3 Å². The molecule has 0 bridgehead atoms. The number of rotatable bonds is 6. The quantitative estimate of drug-likeness (QED) is 0.775. The summed E-state index contributed by atoms with van der Waals surface area (Å²) in [6.07, 6.45) is 0.612. The predicted octanol–water partition coefficient (Wildman–Crippen LogP) is 2.95. The summed E-state index contributed by atoms with van der Waals surface area (Å²) in [6, 6.07) is 4.00. The van der Waals surface area contributed by atoms with Gasteiger partial charge in [-0.05, 0) is 51.7 Å². The third-order valence-corrected chi connectivity index (χ3v) is 5.66. The van der Waals surface area contributed by atoms with E-state index in [0.717, 1.165) is 22.4 Å². The predicted molar refractivity (Wildman–Crippen MR) is 106 cm³/mol. The Morgan fingerprint density at radius 2 is 1.75 bits per heavy atom. The van der Waals surface area contributed by atoms with Crippen LogP contribution in [0.25, 0.3) is 0 Å². The van der Waals surface area contributed by atoms with Crippen LogP contribution in [-0.2, 0) is 14.4 Å². The van der Waals surface area contributed by atoms with Gasteiger partial charge in [0.15, 0.2) is 0 Å². The summed E-state index contributed by atoms with van der Waals surface area (Å²) in [5, 5.41) is 18.7. The molecule has 1 amide bonds. The van der Waals surface area contributed by atoms with Crippen molar-refractivity contribution in [3.05, 3.63) is 28.8 Å². The molecule has 0 aliphatic carbocycles. The SMILES string of the molecule is CC(=O)N(c1c(C)cc(C)cc1C)C1(C)CC(C(=O)O)CCN1CCC(=O)O. The molecule has 0 spiro atoms. The molecule has 7 heteroatoms. The van der Waals surface area contributed by atoms with Crippen LogP contribution in [0.5, 0.6) is 0 Å². The van der Waals surface area contributed by atoms with Gasteiger partial charge in [-0.2, -0.15) is 0 Å². The monoisotopic (exact) mass is 390 g/mol. The van der Waals surface area contributed by atoms with Gasteiger partial charge in [-0.15, -0.1) is 0 Å². The van der Waals surface area contributed by atoms with E-state index in [2.05, 4.69) is 0 Å². The standard InChI is InChI=1S/C21H30N2O5/c1-13-10-14(2)19(15(3)11-13)23(16(4)24)21(5)12-17(20(27)28)6-8-22(21)9-7-18(25)26/h10-11,17H,6-9,12H2,1-5H3,(H,25,26)(H,27,28). The van der Waals surface area contributed by atoms with Gasteiger partial charge in [-0.25, -0.2) is 0 Å². The molecule has 1 fully saturated rings. The van der Waals surface area contributed by atoms with E-state index in [0.29, 0.717) is 13.0 Å². The van der Waals surface area contributed by atoms with Crippen molar-refractivity contribution in [2.45, 2.75) is 59.5 Å². The van der Waals surface area contributed by atoms with Gasteiger partial charge < -0.3 is 10.2 Å². The first-order valence-corrected chi connectivity index (χ1v) is 9.55. The fourth-order valence-corrected chi connectivity index (χ4v) is 4.54. The van der Waals surface area contributed by atoms with Crippen LogP contribution in [0.4, 0.5) is 5.69 Å². The molecule has 1 aromatic carbocycles. The van der Waals surface area contributed by atoms with Crippen molar-refractivity contribution in [1.29, 1.82) is 0 Å². The first-order valence-electron chi connectivity index (χ1n) is 9.55. The maximum absolute atomic E-state index is 12.8. The topological polar surface area (TPSA) is 98.2 Å². The number of nitrogens with zero attached hydrogens (tertiary/aromatic N) is 2. The van der Waals surface area contributed by atoms with E-state index in [1.807, 2.05) is 44.7 Å². The van der Waals surface area contributed by atoms with Gasteiger partial charge >= 0.3 is 11.9 Å². The number of benzene rings is 1. The average molecular weight is 390 g/mol. The first-order chi connectivity index (χ1) is 13.0. The van der Waals surface area contributed by atoms with Crippen molar-refractivity contribution in [3.8, 4) is 0 Å². The Hall–Kier alpha value is -2.41. The molecule has 2 rings (SSSR count). The summed E-state index contributed by atoms with van der Waals surface area (Å²) in [4.78, 5) is 39.3. The Kier molecular flexibility index (Phi) is 6.49. The minimum atomic E-state index is -0.923. The molecule has 0 saturated carbocycles. The van der Waals surface area contributed by atoms with Crippen LogP contribution >= 0.6 is 0 Å². The van der Waals surface area contributed by atoms with Crippen LogP contribution in [0.1, 0.15) is 49.8 Å². The molecule has 28 heavy (non-hydrogen) atoms. The number of carbonyl (C=O) groups is 3. The molecule has 1 aliphatic rings. The minimum absolute atomic E-state index is 0.0645. The van der Waals surface area contributed by atoms with E-state index in [9.17, 15) is 19.5 Å². The van der Waals surface area contributed by atoms with Crippen LogP contribution in [0.15, 0.2) is 12.1 Å². The van der Waals surface area contributed by atoms with Gasteiger partial charge in [0.05, 0.1) is 23.7 Å². The first kappa shape index (κ1) is 21.9. The summed E-state index contributed by atoms with van der Waals surface area (Å²) in [6.45, 7) is 9.87. The molecule has 0 aromatic heterocycles. The highest BCUT2D eigenvalue weighted by Gasteiger charge is 2.47. The molecule has 2 N–H and O–H groups in total. The van der Waals surface area contributed by atoms with Crippen LogP contribution in [0, 0.1) is 26.7 Å². The number of hydrogen-bond donors (Lipinski definition) is 2. The molecule has 1 aliphatic heterocycles. The van der Waals surface area contributed by atoms with Crippen molar-refractivity contribution in [2.75, 3.05) is 18.0 Å². The van der Waals surface area contributed by atoms with Crippen LogP contribution < -0.4 is 4.90 Å². The number of carbonyl (C=O) groups excluding carboxylic acids is 1. The Balaban J connectivity index is 2.59. The smallest absolute Gasteiger partial charge is 0.306 e. The van der Waals surface area contributed by atoms with Crippen molar-refractivity contribution in [1.82, 2.24) is 4.90 Å². The number of anilines is 1. The summed E-state index contributed by atoms with van der Waals surface area (Å²) in [7, 11) is 0. The molecule has 1 aromatic rings. The van der Waals surface area contributed by atoms with E-state index in [4.69, 9.17) is 5.11 Å².